The van der Waals surface area contributed by atoms with E-state index in [0.29, 0.717) is 32.5 Å². The molecule has 0 radical (unpaired) electrons. The molecule has 4 N–H and O–H groups in total. The van der Waals surface area contributed by atoms with E-state index in [1.807, 2.05) is 0 Å². The average molecular weight is 426 g/mol. The standard InChI is InChI=1S/C22H23FN4O4/c1-12-17-19(29)16(22(30)31)11-27(8-6-13-2-4-15(28)5-3-13)20(17)25-21(18(12)23)26-9-7-14(24)10-26/h2-5,11,14,28H,6-10,24H2,1H3,(H,30,31). The Labute approximate surface area is 177 Å². The van der Waals surface area contributed by atoms with Crippen molar-refractivity contribution < 1.29 is 19.4 Å². The van der Waals surface area contributed by atoms with Crippen molar-refractivity contribution in [3.63, 3.8) is 0 Å². The van der Waals surface area contributed by atoms with Crippen LogP contribution in [0.2, 0.25) is 0 Å². The summed E-state index contributed by atoms with van der Waals surface area (Å²) in [6, 6.07) is 6.56. The Hall–Kier alpha value is -3.46. The molecule has 8 nitrogen and oxygen atoms in total. The van der Waals surface area contributed by atoms with Gasteiger partial charge in [-0.3, -0.25) is 4.79 Å². The molecular weight excluding hydrogens is 403 g/mol. The molecule has 1 fully saturated rings. The number of nitrogens with two attached hydrogens (primary N) is 1. The van der Waals surface area contributed by atoms with Gasteiger partial charge in [0.15, 0.2) is 11.6 Å². The normalized spacial score (nSPS) is 16.2. The molecular formula is C22H23FN4O4. The molecule has 162 valence electrons. The van der Waals surface area contributed by atoms with E-state index in [1.165, 1.54) is 13.1 Å². The second-order valence-electron chi connectivity index (χ2n) is 7.85. The summed E-state index contributed by atoms with van der Waals surface area (Å²) in [6.45, 7) is 2.80. The molecule has 0 spiro atoms. The van der Waals surface area contributed by atoms with Crippen LogP contribution in [-0.4, -0.2) is 44.9 Å². The largest absolute Gasteiger partial charge is 0.508 e. The van der Waals surface area contributed by atoms with Gasteiger partial charge in [-0.05, 0) is 37.5 Å². The highest BCUT2D eigenvalue weighted by atomic mass is 19.1. The number of rotatable bonds is 5. The number of carboxylic acid groups (broad SMARTS) is 1. The van der Waals surface area contributed by atoms with Gasteiger partial charge < -0.3 is 25.4 Å². The molecule has 1 aliphatic heterocycles. The first-order valence-electron chi connectivity index (χ1n) is 10.0. The van der Waals surface area contributed by atoms with Gasteiger partial charge in [-0.1, -0.05) is 12.1 Å². The van der Waals surface area contributed by atoms with Gasteiger partial charge in [0, 0.05) is 37.4 Å². The number of fused-ring (bicyclic) bond motifs is 1. The minimum Gasteiger partial charge on any atom is -0.508 e. The Morgan fingerprint density at radius 3 is 2.65 bits per heavy atom. The van der Waals surface area contributed by atoms with Crippen molar-refractivity contribution in [3.8, 4) is 5.75 Å². The van der Waals surface area contributed by atoms with Crippen LogP contribution in [-0.2, 0) is 13.0 Å². The zero-order chi connectivity index (χ0) is 22.3. The van der Waals surface area contributed by atoms with Crippen LogP contribution in [0.25, 0.3) is 11.0 Å². The summed E-state index contributed by atoms with van der Waals surface area (Å²) >= 11 is 0. The third-order valence-corrected chi connectivity index (χ3v) is 5.70. The molecule has 3 aromatic rings. The highest BCUT2D eigenvalue weighted by molar-refractivity contribution is 5.93. The maximum absolute atomic E-state index is 15.2. The monoisotopic (exact) mass is 426 g/mol. The van der Waals surface area contributed by atoms with Crippen molar-refractivity contribution >= 4 is 22.8 Å². The van der Waals surface area contributed by atoms with Crippen LogP contribution in [0, 0.1) is 12.7 Å². The number of hydrogen-bond donors (Lipinski definition) is 3. The molecule has 0 bridgehead atoms. The zero-order valence-corrected chi connectivity index (χ0v) is 17.0. The van der Waals surface area contributed by atoms with E-state index < -0.39 is 22.8 Å². The van der Waals surface area contributed by atoms with Crippen LogP contribution < -0.4 is 16.1 Å². The predicted octanol–water partition coefficient (Wildman–Crippen LogP) is 2.03. The van der Waals surface area contributed by atoms with Gasteiger partial charge in [0.1, 0.15) is 17.0 Å². The molecule has 1 aromatic carbocycles. The van der Waals surface area contributed by atoms with Crippen molar-refractivity contribution in [2.24, 2.45) is 5.73 Å². The fourth-order valence-electron chi connectivity index (χ4n) is 3.96. The van der Waals surface area contributed by atoms with E-state index in [0.717, 1.165) is 5.56 Å². The first kappa shape index (κ1) is 20.8. The summed E-state index contributed by atoms with van der Waals surface area (Å²) in [7, 11) is 0. The number of phenols is 1. The Balaban J connectivity index is 1.86. The van der Waals surface area contributed by atoms with Gasteiger partial charge in [0.2, 0.25) is 5.43 Å². The Morgan fingerprint density at radius 1 is 1.32 bits per heavy atom. The number of hydrogen-bond acceptors (Lipinski definition) is 6. The molecule has 1 atom stereocenters. The number of halogens is 1. The SMILES string of the molecule is Cc1c(F)c(N2CCC(N)C2)nc2c1c(=O)c(C(=O)O)cn2CCc1ccc(O)cc1. The highest BCUT2D eigenvalue weighted by Gasteiger charge is 2.27. The van der Waals surface area contributed by atoms with Gasteiger partial charge >= 0.3 is 5.97 Å². The molecule has 2 aromatic heterocycles. The predicted molar refractivity (Wildman–Crippen MR) is 114 cm³/mol. The number of phenolic OH excluding ortho intramolecular Hbond substituents is 1. The van der Waals surface area contributed by atoms with E-state index in [4.69, 9.17) is 5.73 Å². The molecule has 1 aliphatic rings. The molecule has 3 heterocycles. The molecule has 1 unspecified atom stereocenters. The van der Waals surface area contributed by atoms with E-state index >= 15 is 4.39 Å². The lowest BCUT2D eigenvalue weighted by molar-refractivity contribution is 0.0695. The van der Waals surface area contributed by atoms with Gasteiger partial charge in [0.05, 0.1) is 5.39 Å². The maximum atomic E-state index is 15.2. The van der Waals surface area contributed by atoms with Crippen molar-refractivity contribution in [3.05, 3.63) is 63.2 Å². The number of pyridine rings is 2. The lowest BCUT2D eigenvalue weighted by Gasteiger charge is -2.21. The lowest BCUT2D eigenvalue weighted by Crippen LogP contribution is -2.29. The van der Waals surface area contributed by atoms with E-state index in [2.05, 4.69) is 4.98 Å². The first-order valence-corrected chi connectivity index (χ1v) is 10.0. The smallest absolute Gasteiger partial charge is 0.341 e. The second kappa shape index (κ2) is 7.99. The number of aromatic carboxylic acids is 1. The van der Waals surface area contributed by atoms with Crippen molar-refractivity contribution in [1.82, 2.24) is 9.55 Å². The molecule has 31 heavy (non-hydrogen) atoms. The minimum absolute atomic E-state index is 0.0321. The zero-order valence-electron chi connectivity index (χ0n) is 17.0. The summed E-state index contributed by atoms with van der Waals surface area (Å²) in [5.74, 6) is -1.74. The lowest BCUT2D eigenvalue weighted by atomic mass is 10.1. The number of anilines is 1. The van der Waals surface area contributed by atoms with Gasteiger partial charge in [-0.15, -0.1) is 0 Å². The number of benzene rings is 1. The van der Waals surface area contributed by atoms with Crippen molar-refractivity contribution in [1.29, 1.82) is 0 Å². The van der Waals surface area contributed by atoms with Crippen LogP contribution >= 0.6 is 0 Å². The van der Waals surface area contributed by atoms with Crippen LogP contribution in [0.15, 0.2) is 35.3 Å². The fourth-order valence-corrected chi connectivity index (χ4v) is 3.96. The van der Waals surface area contributed by atoms with E-state index in [-0.39, 0.29) is 34.2 Å². The quantitative estimate of drug-likeness (QED) is 0.571. The van der Waals surface area contributed by atoms with Crippen LogP contribution in [0.5, 0.6) is 5.75 Å². The molecule has 9 heteroatoms. The van der Waals surface area contributed by atoms with Crippen LogP contribution in [0.4, 0.5) is 10.2 Å². The number of aromatic hydroxyl groups is 1. The van der Waals surface area contributed by atoms with Crippen LogP contribution in [0.3, 0.4) is 0 Å². The number of aromatic nitrogens is 2. The number of carbonyl (C=O) groups is 1. The minimum atomic E-state index is -1.38. The summed E-state index contributed by atoms with van der Waals surface area (Å²) in [4.78, 5) is 30.7. The molecule has 0 aliphatic carbocycles. The third-order valence-electron chi connectivity index (χ3n) is 5.70. The van der Waals surface area contributed by atoms with Crippen molar-refractivity contribution in [2.45, 2.75) is 32.4 Å². The van der Waals surface area contributed by atoms with Crippen LogP contribution in [0.1, 0.15) is 27.9 Å². The molecule has 0 saturated carbocycles. The topological polar surface area (TPSA) is 122 Å². The highest BCUT2D eigenvalue weighted by Crippen LogP contribution is 2.28. The first-order chi connectivity index (χ1) is 14.8. The van der Waals surface area contributed by atoms with Gasteiger partial charge in [0.25, 0.3) is 0 Å². The fraction of sp³-hybridized carbons (Fsp3) is 0.318. The summed E-state index contributed by atoms with van der Waals surface area (Å²) < 4.78 is 16.8. The number of carboxylic acids is 1. The molecule has 1 saturated heterocycles. The van der Waals surface area contributed by atoms with E-state index in [9.17, 15) is 19.8 Å². The summed E-state index contributed by atoms with van der Waals surface area (Å²) in [5, 5.41) is 18.9. The number of nitrogens with zero attached hydrogens (tertiary/aromatic N) is 3. The number of aryl methyl sites for hydroxylation is 3. The molecule has 0 amide bonds. The summed E-state index contributed by atoms with van der Waals surface area (Å²) in [6.07, 6.45) is 2.47. The Morgan fingerprint density at radius 2 is 2.03 bits per heavy atom. The second-order valence-corrected chi connectivity index (χ2v) is 7.85. The maximum Gasteiger partial charge on any atom is 0.341 e. The Kier molecular flexibility index (Phi) is 5.36. The van der Waals surface area contributed by atoms with Crippen molar-refractivity contribution in [2.75, 3.05) is 18.0 Å². The van der Waals surface area contributed by atoms with E-state index in [1.54, 1.807) is 33.7 Å². The summed E-state index contributed by atoms with van der Waals surface area (Å²) in [5.41, 5.74) is 6.00. The van der Waals surface area contributed by atoms with Gasteiger partial charge in [-0.25, -0.2) is 14.2 Å². The Bertz CT molecular complexity index is 1220. The molecule has 4 rings (SSSR count). The van der Waals surface area contributed by atoms with Gasteiger partial charge in [-0.2, -0.15) is 0 Å². The average Bonchev–Trinajstić information content (AvgIpc) is 3.16. The third kappa shape index (κ3) is 3.84.